The van der Waals surface area contributed by atoms with Gasteiger partial charge in [0.1, 0.15) is 23.7 Å². The second kappa shape index (κ2) is 7.57. The van der Waals surface area contributed by atoms with E-state index >= 15 is 0 Å². The van der Waals surface area contributed by atoms with Crippen molar-refractivity contribution in [3.63, 3.8) is 0 Å². The molecule has 0 atom stereocenters. The van der Waals surface area contributed by atoms with Crippen LogP contribution in [0.5, 0.6) is 0 Å². The maximum atomic E-state index is 12.7. The van der Waals surface area contributed by atoms with Crippen molar-refractivity contribution in [2.75, 3.05) is 23.3 Å². The third-order valence-electron chi connectivity index (χ3n) is 4.76. The molecule has 0 spiro atoms. The van der Waals surface area contributed by atoms with Crippen LogP contribution in [-0.2, 0) is 7.05 Å². The Balaban J connectivity index is 1.52. The summed E-state index contributed by atoms with van der Waals surface area (Å²) >= 11 is 0. The Morgan fingerprint density at radius 1 is 1.04 bits per heavy atom. The molecule has 27 heavy (non-hydrogen) atoms. The van der Waals surface area contributed by atoms with E-state index in [9.17, 15) is 4.79 Å². The second-order valence-electron chi connectivity index (χ2n) is 6.67. The largest absolute Gasteiger partial charge is 0.356 e. The Labute approximate surface area is 158 Å². The minimum Gasteiger partial charge on any atom is -0.356 e. The van der Waals surface area contributed by atoms with Crippen molar-refractivity contribution < 1.29 is 4.79 Å². The van der Waals surface area contributed by atoms with Crippen LogP contribution in [0.15, 0.2) is 48.8 Å². The van der Waals surface area contributed by atoms with E-state index in [0.29, 0.717) is 11.5 Å². The number of aromatic nitrogens is 4. The lowest BCUT2D eigenvalue weighted by Gasteiger charge is -2.27. The molecular formula is C20H22N6O. The van der Waals surface area contributed by atoms with Gasteiger partial charge in [0.25, 0.3) is 5.91 Å². The Bertz CT molecular complexity index is 931. The minimum absolute atomic E-state index is 0.240. The van der Waals surface area contributed by atoms with E-state index in [1.165, 1.54) is 25.6 Å². The number of hydrogen-bond donors (Lipinski definition) is 1. The van der Waals surface area contributed by atoms with Crippen LogP contribution in [0.4, 0.5) is 11.6 Å². The molecule has 1 amide bonds. The number of nitrogens with zero attached hydrogens (tertiary/aromatic N) is 5. The van der Waals surface area contributed by atoms with Gasteiger partial charge in [-0.2, -0.15) is 5.10 Å². The van der Waals surface area contributed by atoms with Crippen molar-refractivity contribution in [1.82, 2.24) is 19.7 Å². The predicted molar refractivity (Wildman–Crippen MR) is 105 cm³/mol. The van der Waals surface area contributed by atoms with Gasteiger partial charge in [-0.3, -0.25) is 9.48 Å². The first-order valence-electron chi connectivity index (χ1n) is 9.18. The third kappa shape index (κ3) is 3.81. The predicted octanol–water partition coefficient (Wildman–Crippen LogP) is 3.12. The first-order valence-corrected chi connectivity index (χ1v) is 9.18. The molecular weight excluding hydrogens is 340 g/mol. The van der Waals surface area contributed by atoms with E-state index in [4.69, 9.17) is 0 Å². The lowest BCUT2D eigenvalue weighted by molar-refractivity contribution is 0.101. The summed E-state index contributed by atoms with van der Waals surface area (Å²) in [5.74, 6) is 1.11. The molecule has 4 rings (SSSR count). The molecule has 0 bridgehead atoms. The fraction of sp³-hybridized carbons (Fsp3) is 0.300. The summed E-state index contributed by atoms with van der Waals surface area (Å²) in [6, 6.07) is 13.4. The number of benzene rings is 1. The summed E-state index contributed by atoms with van der Waals surface area (Å²) in [6.45, 7) is 1.99. The van der Waals surface area contributed by atoms with Crippen LogP contribution in [0.25, 0.3) is 11.3 Å². The highest BCUT2D eigenvalue weighted by Gasteiger charge is 2.17. The number of piperidine rings is 1. The fourth-order valence-corrected chi connectivity index (χ4v) is 3.32. The van der Waals surface area contributed by atoms with Crippen molar-refractivity contribution in [1.29, 1.82) is 0 Å². The van der Waals surface area contributed by atoms with Crippen LogP contribution in [0.1, 0.15) is 29.8 Å². The molecule has 2 aromatic heterocycles. The van der Waals surface area contributed by atoms with Crippen LogP contribution < -0.4 is 10.2 Å². The fourth-order valence-electron chi connectivity index (χ4n) is 3.32. The molecule has 0 saturated carbocycles. The van der Waals surface area contributed by atoms with Gasteiger partial charge in [0.2, 0.25) is 0 Å². The number of hydrogen-bond acceptors (Lipinski definition) is 5. The van der Waals surface area contributed by atoms with Crippen molar-refractivity contribution in [3.05, 3.63) is 54.5 Å². The van der Waals surface area contributed by atoms with E-state index < -0.39 is 0 Å². The van der Waals surface area contributed by atoms with Crippen molar-refractivity contribution >= 4 is 17.5 Å². The molecule has 3 heterocycles. The number of nitrogens with one attached hydrogen (secondary N) is 1. The third-order valence-corrected chi connectivity index (χ3v) is 4.76. The Hall–Kier alpha value is -3.22. The maximum absolute atomic E-state index is 12.7. The molecule has 138 valence electrons. The first-order chi connectivity index (χ1) is 13.2. The number of rotatable bonds is 4. The topological polar surface area (TPSA) is 75.9 Å². The highest BCUT2D eigenvalue weighted by atomic mass is 16.2. The van der Waals surface area contributed by atoms with E-state index in [1.807, 2.05) is 36.4 Å². The van der Waals surface area contributed by atoms with Gasteiger partial charge in [-0.25, -0.2) is 9.97 Å². The average Bonchev–Trinajstić information content (AvgIpc) is 3.11. The van der Waals surface area contributed by atoms with Gasteiger partial charge in [0.15, 0.2) is 0 Å². The van der Waals surface area contributed by atoms with Crippen molar-refractivity contribution in [2.45, 2.75) is 19.3 Å². The van der Waals surface area contributed by atoms with E-state index in [1.54, 1.807) is 17.8 Å². The molecule has 3 aromatic rings. The Kier molecular flexibility index (Phi) is 4.82. The Morgan fingerprint density at radius 2 is 1.81 bits per heavy atom. The quantitative estimate of drug-likeness (QED) is 0.772. The van der Waals surface area contributed by atoms with Crippen molar-refractivity contribution in [3.8, 4) is 11.3 Å². The summed E-state index contributed by atoms with van der Waals surface area (Å²) in [5, 5.41) is 7.32. The van der Waals surface area contributed by atoms with Crippen LogP contribution in [0.2, 0.25) is 0 Å². The summed E-state index contributed by atoms with van der Waals surface area (Å²) in [5.41, 5.74) is 2.22. The molecule has 0 aliphatic carbocycles. The number of carbonyl (C=O) groups excluding carboxylic acids is 1. The summed E-state index contributed by atoms with van der Waals surface area (Å²) < 4.78 is 1.59. The normalized spacial score (nSPS) is 14.2. The smallest absolute Gasteiger partial charge is 0.275 e. The molecule has 1 aliphatic heterocycles. The number of aryl methyl sites for hydroxylation is 1. The molecule has 1 N–H and O–H groups in total. The standard InChI is InChI=1S/C20H22N6O/c1-25-17(12-16(24-25)15-8-4-2-5-9-15)20(27)23-18-13-19(22-14-21-18)26-10-6-3-7-11-26/h2,4-5,8-9,12-14H,3,6-7,10-11H2,1H3,(H,21,22,23,27). The molecule has 0 radical (unpaired) electrons. The zero-order valence-electron chi connectivity index (χ0n) is 15.3. The van der Waals surface area contributed by atoms with Gasteiger partial charge in [0.05, 0.1) is 5.69 Å². The zero-order valence-corrected chi connectivity index (χ0v) is 15.3. The molecule has 1 fully saturated rings. The van der Waals surface area contributed by atoms with Crippen LogP contribution >= 0.6 is 0 Å². The summed E-state index contributed by atoms with van der Waals surface area (Å²) in [7, 11) is 1.76. The highest BCUT2D eigenvalue weighted by Crippen LogP contribution is 2.21. The lowest BCUT2D eigenvalue weighted by atomic mass is 10.1. The van der Waals surface area contributed by atoms with Gasteiger partial charge < -0.3 is 10.2 Å². The molecule has 7 heteroatoms. The summed E-state index contributed by atoms with van der Waals surface area (Å²) in [4.78, 5) is 23.5. The first kappa shape index (κ1) is 17.2. The monoisotopic (exact) mass is 362 g/mol. The van der Waals surface area contributed by atoms with Crippen LogP contribution in [0, 0.1) is 0 Å². The minimum atomic E-state index is -0.240. The average molecular weight is 362 g/mol. The van der Waals surface area contributed by atoms with Gasteiger partial charge >= 0.3 is 0 Å². The van der Waals surface area contributed by atoms with Crippen LogP contribution in [0.3, 0.4) is 0 Å². The molecule has 1 aromatic carbocycles. The molecule has 0 unspecified atom stereocenters. The van der Waals surface area contributed by atoms with E-state index in [0.717, 1.165) is 30.2 Å². The SMILES string of the molecule is Cn1nc(-c2ccccc2)cc1C(=O)Nc1cc(N2CCCCC2)ncn1. The van der Waals surface area contributed by atoms with E-state index in [2.05, 4.69) is 25.3 Å². The molecule has 1 saturated heterocycles. The van der Waals surface area contributed by atoms with Gasteiger partial charge in [-0.15, -0.1) is 0 Å². The Morgan fingerprint density at radius 3 is 2.59 bits per heavy atom. The number of amides is 1. The van der Waals surface area contributed by atoms with Gasteiger partial charge in [-0.05, 0) is 25.3 Å². The second-order valence-corrected chi connectivity index (χ2v) is 6.67. The molecule has 7 nitrogen and oxygen atoms in total. The number of anilines is 2. The molecule has 1 aliphatic rings. The number of carbonyl (C=O) groups is 1. The van der Waals surface area contributed by atoms with Crippen molar-refractivity contribution in [2.24, 2.45) is 7.05 Å². The lowest BCUT2D eigenvalue weighted by Crippen LogP contribution is -2.30. The zero-order chi connectivity index (χ0) is 18.6. The maximum Gasteiger partial charge on any atom is 0.275 e. The van der Waals surface area contributed by atoms with Gasteiger partial charge in [0, 0.05) is 31.8 Å². The van der Waals surface area contributed by atoms with Crippen LogP contribution in [-0.4, -0.2) is 38.7 Å². The van der Waals surface area contributed by atoms with E-state index in [-0.39, 0.29) is 5.91 Å². The highest BCUT2D eigenvalue weighted by molar-refractivity contribution is 6.03. The summed E-state index contributed by atoms with van der Waals surface area (Å²) in [6.07, 6.45) is 5.10. The van der Waals surface area contributed by atoms with Gasteiger partial charge in [-0.1, -0.05) is 30.3 Å².